The molecule has 4 aromatic heterocycles. The van der Waals surface area contributed by atoms with Gasteiger partial charge in [0.2, 0.25) is 11.7 Å². The first-order valence-electron chi connectivity index (χ1n) is 9.11. The SMILES string of the molecule is c1cn2c(-c3noc(-c4ccnc(OC5CCCCC5)c4)n3)cnc2cn1. The smallest absolute Gasteiger partial charge is 0.258 e. The summed E-state index contributed by atoms with van der Waals surface area (Å²) in [6.07, 6.45) is 14.7. The Kier molecular flexibility index (Phi) is 4.00. The predicted octanol–water partition coefficient (Wildman–Crippen LogP) is 3.55. The molecule has 1 fully saturated rings. The number of pyridine rings is 1. The van der Waals surface area contributed by atoms with Gasteiger partial charge in [0, 0.05) is 30.2 Å². The molecule has 8 nitrogen and oxygen atoms in total. The van der Waals surface area contributed by atoms with Crippen LogP contribution in [0.1, 0.15) is 32.1 Å². The topological polar surface area (TPSA) is 91.2 Å². The summed E-state index contributed by atoms with van der Waals surface area (Å²) in [5.41, 5.74) is 2.26. The monoisotopic (exact) mass is 362 g/mol. The van der Waals surface area contributed by atoms with E-state index >= 15 is 0 Å². The van der Waals surface area contributed by atoms with Gasteiger partial charge >= 0.3 is 0 Å². The summed E-state index contributed by atoms with van der Waals surface area (Å²) in [5, 5.41) is 4.10. The average Bonchev–Trinajstić information content (AvgIpc) is 3.36. The highest BCUT2D eigenvalue weighted by Crippen LogP contribution is 2.27. The van der Waals surface area contributed by atoms with Crippen molar-refractivity contribution in [2.24, 2.45) is 0 Å². The highest BCUT2D eigenvalue weighted by atomic mass is 16.5. The molecule has 0 radical (unpaired) electrons. The lowest BCUT2D eigenvalue weighted by Gasteiger charge is -2.22. The summed E-state index contributed by atoms with van der Waals surface area (Å²) in [6, 6.07) is 3.69. The molecule has 1 saturated carbocycles. The van der Waals surface area contributed by atoms with Gasteiger partial charge < -0.3 is 9.26 Å². The van der Waals surface area contributed by atoms with Gasteiger partial charge in [0.15, 0.2) is 5.65 Å². The van der Waals surface area contributed by atoms with Gasteiger partial charge in [-0.3, -0.25) is 9.38 Å². The van der Waals surface area contributed by atoms with E-state index < -0.39 is 0 Å². The van der Waals surface area contributed by atoms with Crippen molar-refractivity contribution in [3.8, 4) is 28.9 Å². The number of hydrogen-bond acceptors (Lipinski definition) is 7. The quantitative estimate of drug-likeness (QED) is 0.548. The van der Waals surface area contributed by atoms with Gasteiger partial charge in [0.1, 0.15) is 11.8 Å². The summed E-state index contributed by atoms with van der Waals surface area (Å²) in [7, 11) is 0. The maximum atomic E-state index is 6.03. The van der Waals surface area contributed by atoms with Gasteiger partial charge in [-0.2, -0.15) is 4.98 Å². The van der Waals surface area contributed by atoms with Crippen molar-refractivity contribution in [3.63, 3.8) is 0 Å². The Hall–Kier alpha value is -3.29. The van der Waals surface area contributed by atoms with Gasteiger partial charge in [-0.25, -0.2) is 9.97 Å². The number of aromatic nitrogens is 6. The molecule has 0 atom stereocenters. The molecule has 1 aliphatic rings. The van der Waals surface area contributed by atoms with Crippen molar-refractivity contribution >= 4 is 5.65 Å². The Morgan fingerprint density at radius 1 is 1.07 bits per heavy atom. The molecule has 0 N–H and O–H groups in total. The molecule has 0 unspecified atom stereocenters. The van der Waals surface area contributed by atoms with Crippen LogP contribution in [-0.4, -0.2) is 35.6 Å². The van der Waals surface area contributed by atoms with Crippen LogP contribution in [0, 0.1) is 0 Å². The molecule has 4 aromatic rings. The van der Waals surface area contributed by atoms with Crippen LogP contribution in [0.15, 0.2) is 47.6 Å². The summed E-state index contributed by atoms with van der Waals surface area (Å²) in [5.74, 6) is 1.49. The van der Waals surface area contributed by atoms with E-state index in [2.05, 4.69) is 25.1 Å². The molecule has 0 spiro atoms. The second kappa shape index (κ2) is 6.79. The van der Waals surface area contributed by atoms with Crippen molar-refractivity contribution in [2.75, 3.05) is 0 Å². The van der Waals surface area contributed by atoms with Gasteiger partial charge in [0.25, 0.3) is 5.89 Å². The van der Waals surface area contributed by atoms with Crippen molar-refractivity contribution in [3.05, 3.63) is 43.1 Å². The fourth-order valence-corrected chi connectivity index (χ4v) is 3.41. The zero-order chi connectivity index (χ0) is 18.1. The predicted molar refractivity (Wildman–Crippen MR) is 97.0 cm³/mol. The molecule has 0 amide bonds. The maximum Gasteiger partial charge on any atom is 0.258 e. The summed E-state index contributed by atoms with van der Waals surface area (Å²) < 4.78 is 13.4. The first-order valence-corrected chi connectivity index (χ1v) is 9.11. The molecule has 1 aliphatic carbocycles. The molecule has 0 aliphatic heterocycles. The van der Waals surface area contributed by atoms with E-state index in [4.69, 9.17) is 9.26 Å². The third kappa shape index (κ3) is 3.14. The second-order valence-electron chi connectivity index (χ2n) is 6.63. The zero-order valence-electron chi connectivity index (χ0n) is 14.7. The minimum Gasteiger partial charge on any atom is -0.474 e. The fourth-order valence-electron chi connectivity index (χ4n) is 3.41. The number of imidazole rings is 1. The highest BCUT2D eigenvalue weighted by Gasteiger charge is 2.18. The van der Waals surface area contributed by atoms with Crippen LogP contribution in [0.4, 0.5) is 0 Å². The molecule has 0 bridgehead atoms. The summed E-state index contributed by atoms with van der Waals surface area (Å²) in [6.45, 7) is 0. The normalized spacial score (nSPS) is 15.3. The average molecular weight is 362 g/mol. The first kappa shape index (κ1) is 15.9. The van der Waals surface area contributed by atoms with Crippen LogP contribution in [0.2, 0.25) is 0 Å². The third-order valence-electron chi connectivity index (χ3n) is 4.79. The van der Waals surface area contributed by atoms with Crippen molar-refractivity contribution in [1.82, 2.24) is 29.5 Å². The largest absolute Gasteiger partial charge is 0.474 e. The minimum atomic E-state index is 0.242. The Bertz CT molecular complexity index is 1070. The van der Waals surface area contributed by atoms with E-state index in [1.165, 1.54) is 19.3 Å². The van der Waals surface area contributed by atoms with Crippen LogP contribution in [-0.2, 0) is 0 Å². The van der Waals surface area contributed by atoms with E-state index in [1.807, 2.05) is 22.7 Å². The van der Waals surface area contributed by atoms with E-state index in [0.717, 1.165) is 29.7 Å². The van der Waals surface area contributed by atoms with Crippen molar-refractivity contribution in [2.45, 2.75) is 38.2 Å². The molecule has 5 rings (SSSR count). The lowest BCUT2D eigenvalue weighted by Crippen LogP contribution is -2.20. The molecule has 0 saturated heterocycles. The van der Waals surface area contributed by atoms with E-state index in [-0.39, 0.29) is 6.10 Å². The van der Waals surface area contributed by atoms with Crippen LogP contribution in [0.5, 0.6) is 5.88 Å². The Balaban J connectivity index is 1.42. The van der Waals surface area contributed by atoms with Crippen molar-refractivity contribution < 1.29 is 9.26 Å². The van der Waals surface area contributed by atoms with Crippen LogP contribution in [0.3, 0.4) is 0 Å². The van der Waals surface area contributed by atoms with Crippen LogP contribution < -0.4 is 4.74 Å². The molecule has 0 aromatic carbocycles. The lowest BCUT2D eigenvalue weighted by molar-refractivity contribution is 0.148. The van der Waals surface area contributed by atoms with Crippen molar-refractivity contribution in [1.29, 1.82) is 0 Å². The number of hydrogen-bond donors (Lipinski definition) is 0. The zero-order valence-corrected chi connectivity index (χ0v) is 14.7. The molecule has 136 valence electrons. The number of rotatable bonds is 4. The Morgan fingerprint density at radius 3 is 2.93 bits per heavy atom. The maximum absolute atomic E-state index is 6.03. The van der Waals surface area contributed by atoms with Gasteiger partial charge in [-0.05, 0) is 31.7 Å². The summed E-state index contributed by atoms with van der Waals surface area (Å²) in [4.78, 5) is 17.2. The van der Waals surface area contributed by atoms with Crippen LogP contribution in [0.25, 0.3) is 28.6 Å². The van der Waals surface area contributed by atoms with E-state index in [0.29, 0.717) is 17.6 Å². The van der Waals surface area contributed by atoms with Crippen LogP contribution >= 0.6 is 0 Å². The molecular weight excluding hydrogens is 344 g/mol. The molecule has 8 heteroatoms. The lowest BCUT2D eigenvalue weighted by atomic mass is 9.98. The Morgan fingerprint density at radius 2 is 2.00 bits per heavy atom. The Labute approximate surface area is 155 Å². The first-order chi connectivity index (χ1) is 13.4. The number of fused-ring (bicyclic) bond motifs is 1. The second-order valence-corrected chi connectivity index (χ2v) is 6.63. The van der Waals surface area contributed by atoms with Gasteiger partial charge in [0.05, 0.1) is 12.4 Å². The van der Waals surface area contributed by atoms with E-state index in [1.54, 1.807) is 24.8 Å². The molecule has 4 heterocycles. The standard InChI is InChI=1S/C19H18N6O2/c1-2-4-14(5-3-1)26-17-10-13(6-7-21-17)19-23-18(24-27-19)15-11-22-16-12-20-8-9-25(15)16/h6-12,14H,1-5H2. The third-order valence-corrected chi connectivity index (χ3v) is 4.79. The highest BCUT2D eigenvalue weighted by molar-refractivity contribution is 5.60. The molecule has 27 heavy (non-hydrogen) atoms. The van der Waals surface area contributed by atoms with Gasteiger partial charge in [-0.1, -0.05) is 11.6 Å². The fraction of sp³-hybridized carbons (Fsp3) is 0.316. The van der Waals surface area contributed by atoms with E-state index in [9.17, 15) is 0 Å². The minimum absolute atomic E-state index is 0.242. The summed E-state index contributed by atoms with van der Waals surface area (Å²) >= 11 is 0. The molecular formula is C19H18N6O2. The number of nitrogens with zero attached hydrogens (tertiary/aromatic N) is 6. The van der Waals surface area contributed by atoms with Gasteiger partial charge in [-0.15, -0.1) is 0 Å². The number of ether oxygens (including phenoxy) is 1.